The van der Waals surface area contributed by atoms with Crippen LogP contribution < -0.4 is 21.3 Å². The van der Waals surface area contributed by atoms with E-state index in [1.165, 1.54) is 4.90 Å². The van der Waals surface area contributed by atoms with E-state index in [2.05, 4.69) is 30.7 Å². The highest BCUT2D eigenvalue weighted by atomic mass is 32.1. The Bertz CT molecular complexity index is 2210. The van der Waals surface area contributed by atoms with Crippen molar-refractivity contribution < 1.29 is 29.4 Å². The molecule has 7 rings (SSSR count). The molecular weight excluding hydrogens is 795 g/mol. The number of hydrogen-bond acceptors (Lipinski definition) is 12. The molecule has 5 heterocycles. The number of benzene rings is 2. The fourth-order valence-electron chi connectivity index (χ4n) is 8.85. The van der Waals surface area contributed by atoms with Gasteiger partial charge >= 0.3 is 0 Å². The number of phenols is 1. The third kappa shape index (κ3) is 9.97. The number of nitrogens with one attached hydrogen (secondary N) is 2. The number of unbranched alkanes of at least 4 members (excludes halogenated alkanes) is 2. The minimum atomic E-state index is -0.908. The van der Waals surface area contributed by atoms with Gasteiger partial charge in [-0.1, -0.05) is 63.6 Å². The van der Waals surface area contributed by atoms with Crippen molar-refractivity contribution in [1.29, 1.82) is 0 Å². The van der Waals surface area contributed by atoms with Gasteiger partial charge in [0.15, 0.2) is 5.82 Å². The second-order valence-corrected chi connectivity index (χ2v) is 18.5. The molecule has 4 amide bonds. The zero-order chi connectivity index (χ0) is 43.4. The van der Waals surface area contributed by atoms with Crippen LogP contribution in [0.1, 0.15) is 83.4 Å². The van der Waals surface area contributed by atoms with Crippen molar-refractivity contribution in [2.75, 3.05) is 30.3 Å². The number of nitrogens with zero attached hydrogens (tertiary/aromatic N) is 6. The molecule has 0 saturated carbocycles. The number of phenolic OH excluding ortho intramolecular Hbond substituents is 1. The number of amides is 4. The lowest BCUT2D eigenvalue weighted by atomic mass is 9.85. The standard InChI is InChI=1S/C45H57N9O6S/c1-27-40(61-26-48-27)29-16-14-28(15-17-29)22-47-43(59)36-20-32(55)25-53(36)44(60)41(45(2,3)4)49-38(57)12-6-5-7-13-39(58)54-30-18-19-31(54)24-52(23-30)35-21-34(50-51-42(35)46)33-10-8-9-11-37(33)56/h8-11,14-17,21,26,30-32,36,41,55-56H,5-7,12-13,18-20,22-25H2,1-4H3,(H2,46,51)(H,47,59)(H,49,57)/t30?,31?,32-,36+,41-/m1/s1. The Balaban J connectivity index is 0.865. The third-order valence-electron chi connectivity index (χ3n) is 12.1. The third-order valence-corrected chi connectivity index (χ3v) is 13.1. The number of aromatic hydroxyl groups is 1. The summed E-state index contributed by atoms with van der Waals surface area (Å²) >= 11 is 1.58. The molecule has 0 radical (unpaired) electrons. The van der Waals surface area contributed by atoms with Crippen LogP contribution in [0.25, 0.3) is 21.7 Å². The van der Waals surface area contributed by atoms with Gasteiger partial charge < -0.3 is 41.3 Å². The predicted octanol–water partition coefficient (Wildman–Crippen LogP) is 4.80. The summed E-state index contributed by atoms with van der Waals surface area (Å²) < 4.78 is 0. The first kappa shape index (κ1) is 43.5. The summed E-state index contributed by atoms with van der Waals surface area (Å²) in [5.74, 6) is -0.509. The Hall–Kier alpha value is -5.61. The zero-order valence-electron chi connectivity index (χ0n) is 35.3. The fraction of sp³-hybridized carbons (Fsp3) is 0.489. The fourth-order valence-corrected chi connectivity index (χ4v) is 9.67. The number of fused-ring (bicyclic) bond motifs is 2. The minimum Gasteiger partial charge on any atom is -0.507 e. The number of carbonyl (C=O) groups excluding carboxylic acids is 4. The predicted molar refractivity (Wildman–Crippen MR) is 234 cm³/mol. The molecule has 0 spiro atoms. The highest BCUT2D eigenvalue weighted by molar-refractivity contribution is 7.13. The van der Waals surface area contributed by atoms with Crippen LogP contribution in [-0.4, -0.2) is 109 Å². The van der Waals surface area contributed by atoms with Crippen molar-refractivity contribution in [1.82, 2.24) is 35.6 Å². The van der Waals surface area contributed by atoms with Gasteiger partial charge in [-0.05, 0) is 67.3 Å². The van der Waals surface area contributed by atoms with Crippen molar-refractivity contribution in [3.63, 3.8) is 0 Å². The van der Waals surface area contributed by atoms with Gasteiger partial charge in [-0.25, -0.2) is 4.98 Å². The SMILES string of the molecule is Cc1ncsc1-c1ccc(CNC(=O)[C@@H]2C[C@@H](O)CN2C(=O)[C@@H](NC(=O)CCCCCC(=O)N2C3CCC2CN(c2cc(-c4ccccc4O)nnc2N)C3)C(C)(C)C)cc1. The second-order valence-electron chi connectivity index (χ2n) is 17.6. The van der Waals surface area contributed by atoms with Gasteiger partial charge in [0.05, 0.1) is 33.6 Å². The second kappa shape index (κ2) is 18.6. The van der Waals surface area contributed by atoms with Crippen molar-refractivity contribution in [2.24, 2.45) is 5.41 Å². The number of nitrogens with two attached hydrogens (primary N) is 1. The van der Waals surface area contributed by atoms with Gasteiger partial charge in [0.25, 0.3) is 0 Å². The number of likely N-dealkylation sites (tertiary alicyclic amines) is 1. The van der Waals surface area contributed by atoms with Crippen LogP contribution in [0.15, 0.2) is 60.1 Å². The molecule has 16 heteroatoms. The van der Waals surface area contributed by atoms with Gasteiger partial charge in [0, 0.05) is 63.1 Å². The lowest BCUT2D eigenvalue weighted by Gasteiger charge is -2.42. The summed E-state index contributed by atoms with van der Waals surface area (Å²) in [4.78, 5) is 65.3. The smallest absolute Gasteiger partial charge is 0.246 e. The van der Waals surface area contributed by atoms with E-state index < -0.39 is 29.5 Å². The minimum absolute atomic E-state index is 0.00262. The number of rotatable bonds is 14. The number of piperazine rings is 1. The molecule has 0 aliphatic carbocycles. The topological polar surface area (TPSA) is 207 Å². The van der Waals surface area contributed by atoms with Crippen molar-refractivity contribution >= 4 is 46.5 Å². The Morgan fingerprint density at radius 3 is 2.33 bits per heavy atom. The molecule has 5 atom stereocenters. The lowest BCUT2D eigenvalue weighted by molar-refractivity contribution is -0.144. The van der Waals surface area contributed by atoms with Crippen LogP contribution in [0.4, 0.5) is 11.5 Å². The largest absolute Gasteiger partial charge is 0.507 e. The maximum Gasteiger partial charge on any atom is 0.246 e. The number of para-hydroxylation sites is 1. The first-order valence-electron chi connectivity index (χ1n) is 21.2. The molecule has 2 aromatic heterocycles. The van der Waals surface area contributed by atoms with Crippen molar-refractivity contribution in [3.8, 4) is 27.4 Å². The number of β-amino-alcohol motifs (C(OH)–C–C–N with tert-alkyl or cyclic N) is 1. The molecule has 15 nitrogen and oxygen atoms in total. The summed E-state index contributed by atoms with van der Waals surface area (Å²) in [6, 6.07) is 15.0. The van der Waals surface area contributed by atoms with Gasteiger partial charge in [0.1, 0.15) is 17.8 Å². The Kier molecular flexibility index (Phi) is 13.2. The number of aliphatic hydroxyl groups is 1. The zero-order valence-corrected chi connectivity index (χ0v) is 36.2. The summed E-state index contributed by atoms with van der Waals surface area (Å²) in [6.45, 7) is 9.08. The maximum atomic E-state index is 14.1. The number of hydrogen-bond donors (Lipinski definition) is 5. The summed E-state index contributed by atoms with van der Waals surface area (Å²) in [5, 5.41) is 35.2. The van der Waals surface area contributed by atoms with Gasteiger partial charge in [-0.15, -0.1) is 21.5 Å². The van der Waals surface area contributed by atoms with Crippen LogP contribution in [0, 0.1) is 12.3 Å². The van der Waals surface area contributed by atoms with E-state index >= 15 is 0 Å². The van der Waals surface area contributed by atoms with Crippen LogP contribution in [-0.2, 0) is 25.7 Å². The molecule has 3 fully saturated rings. The molecule has 6 N–H and O–H groups in total. The number of aromatic nitrogens is 3. The molecule has 2 bridgehead atoms. The molecule has 3 aliphatic heterocycles. The number of nitrogen functional groups attached to an aromatic ring is 1. The Labute approximate surface area is 360 Å². The number of carbonyl (C=O) groups is 4. The van der Waals surface area contributed by atoms with Gasteiger partial charge in [-0.2, -0.15) is 0 Å². The summed E-state index contributed by atoms with van der Waals surface area (Å²) in [7, 11) is 0. The first-order valence-corrected chi connectivity index (χ1v) is 22.1. The molecular formula is C45H57N9O6S. The molecule has 3 aliphatic rings. The quantitative estimate of drug-likeness (QED) is 0.109. The van der Waals surface area contributed by atoms with E-state index in [1.54, 1.807) is 29.5 Å². The summed E-state index contributed by atoms with van der Waals surface area (Å²) in [6.07, 6.45) is 3.48. The number of aryl methyl sites for hydroxylation is 1. The van der Waals surface area contributed by atoms with E-state index in [0.29, 0.717) is 55.8 Å². The molecule has 3 saturated heterocycles. The monoisotopic (exact) mass is 851 g/mol. The molecule has 324 valence electrons. The number of aliphatic hydroxyl groups excluding tert-OH is 1. The van der Waals surface area contributed by atoms with Gasteiger partial charge in [-0.3, -0.25) is 19.2 Å². The van der Waals surface area contributed by atoms with Crippen LogP contribution >= 0.6 is 11.3 Å². The van der Waals surface area contributed by atoms with Crippen molar-refractivity contribution in [2.45, 2.75) is 116 Å². The highest BCUT2D eigenvalue weighted by Gasteiger charge is 2.45. The molecule has 4 aromatic rings. The van der Waals surface area contributed by atoms with Crippen molar-refractivity contribution in [3.05, 3.63) is 71.4 Å². The Morgan fingerprint density at radius 1 is 0.951 bits per heavy atom. The first-order chi connectivity index (χ1) is 29.2. The van der Waals surface area contributed by atoms with Crippen LogP contribution in [0.2, 0.25) is 0 Å². The van der Waals surface area contributed by atoms with Gasteiger partial charge in [0.2, 0.25) is 23.6 Å². The van der Waals surface area contributed by atoms with E-state index in [-0.39, 0.29) is 61.5 Å². The highest BCUT2D eigenvalue weighted by Crippen LogP contribution is 2.37. The maximum absolute atomic E-state index is 14.1. The normalized spacial score (nSPS) is 20.4. The van der Waals surface area contributed by atoms with Crippen LogP contribution in [0.5, 0.6) is 5.75 Å². The molecule has 61 heavy (non-hydrogen) atoms. The molecule has 2 aromatic carbocycles. The molecule has 2 unspecified atom stereocenters. The summed E-state index contributed by atoms with van der Waals surface area (Å²) in [5.41, 5.74) is 12.2. The average Bonchev–Trinajstić information content (AvgIpc) is 3.92. The number of thiazole rings is 1. The van der Waals surface area contributed by atoms with E-state index in [0.717, 1.165) is 40.2 Å². The van der Waals surface area contributed by atoms with Crippen LogP contribution in [0.3, 0.4) is 0 Å². The van der Waals surface area contributed by atoms with E-state index in [9.17, 15) is 29.4 Å². The number of anilines is 2. The average molecular weight is 852 g/mol. The Morgan fingerprint density at radius 2 is 1.66 bits per heavy atom. The lowest BCUT2D eigenvalue weighted by Crippen LogP contribution is -2.57. The van der Waals surface area contributed by atoms with E-state index in [4.69, 9.17) is 5.73 Å². The van der Waals surface area contributed by atoms with E-state index in [1.807, 2.05) is 74.5 Å².